The smallest absolute Gasteiger partial charge is 0.243 e. The molecular formula is C29H45N5O2. The highest BCUT2D eigenvalue weighted by molar-refractivity contribution is 5.89. The van der Waals surface area contributed by atoms with Crippen LogP contribution in [0.3, 0.4) is 0 Å². The Labute approximate surface area is 217 Å². The van der Waals surface area contributed by atoms with E-state index in [0.717, 1.165) is 76.0 Å². The summed E-state index contributed by atoms with van der Waals surface area (Å²) in [5, 5.41) is 12.9. The topological polar surface area (TPSA) is 108 Å². The molecule has 2 aromatic carbocycles. The van der Waals surface area contributed by atoms with Crippen LogP contribution < -0.4 is 27.0 Å². The molecule has 0 radical (unpaired) electrons. The molecule has 7 nitrogen and oxygen atoms in total. The molecule has 0 saturated carbocycles. The molecule has 0 saturated heterocycles. The minimum atomic E-state index is -0.687. The van der Waals surface area contributed by atoms with Gasteiger partial charge in [-0.1, -0.05) is 67.6 Å². The second kappa shape index (κ2) is 18.5. The maximum absolute atomic E-state index is 13.4. The summed E-state index contributed by atoms with van der Waals surface area (Å²) in [7, 11) is 0. The number of amides is 2. The molecule has 0 bridgehead atoms. The van der Waals surface area contributed by atoms with Gasteiger partial charge in [0.15, 0.2) is 0 Å². The highest BCUT2D eigenvalue weighted by atomic mass is 16.2. The van der Waals surface area contributed by atoms with Crippen molar-refractivity contribution in [1.29, 1.82) is 0 Å². The lowest BCUT2D eigenvalue weighted by atomic mass is 9.84. The van der Waals surface area contributed by atoms with E-state index in [0.29, 0.717) is 13.0 Å². The summed E-state index contributed by atoms with van der Waals surface area (Å²) < 4.78 is 0. The highest BCUT2D eigenvalue weighted by Gasteiger charge is 2.32. The van der Waals surface area contributed by atoms with Crippen LogP contribution in [0.5, 0.6) is 0 Å². The van der Waals surface area contributed by atoms with Gasteiger partial charge in [-0.2, -0.15) is 0 Å². The van der Waals surface area contributed by atoms with Crippen LogP contribution in [0.2, 0.25) is 0 Å². The number of carbonyl (C=O) groups excluding carboxylic acids is 2. The Morgan fingerprint density at radius 1 is 0.750 bits per heavy atom. The van der Waals surface area contributed by atoms with Crippen LogP contribution in [0, 0.1) is 0 Å². The zero-order chi connectivity index (χ0) is 25.8. The van der Waals surface area contributed by atoms with Crippen LogP contribution in [-0.2, 0) is 9.59 Å². The Kier molecular flexibility index (Phi) is 15.2. The van der Waals surface area contributed by atoms with Gasteiger partial charge in [0.05, 0.1) is 0 Å². The third kappa shape index (κ3) is 11.3. The number of nitrogens with two attached hydrogens (primary N) is 1. The van der Waals surface area contributed by atoms with Crippen LogP contribution in [0.15, 0.2) is 60.7 Å². The van der Waals surface area contributed by atoms with E-state index in [2.05, 4.69) is 21.3 Å². The first kappa shape index (κ1) is 29.5. The number of carbonyl (C=O) groups is 2. The fourth-order valence-corrected chi connectivity index (χ4v) is 4.18. The summed E-state index contributed by atoms with van der Waals surface area (Å²) in [5.41, 5.74) is 7.49. The van der Waals surface area contributed by atoms with Crippen molar-refractivity contribution in [3.05, 3.63) is 71.8 Å². The Balaban J connectivity index is 1.90. The fraction of sp³-hybridized carbons (Fsp3) is 0.517. The second-order valence-corrected chi connectivity index (χ2v) is 9.09. The Hall–Kier alpha value is -2.74. The van der Waals surface area contributed by atoms with E-state index in [1.54, 1.807) is 0 Å². The summed E-state index contributed by atoms with van der Waals surface area (Å²) in [6.07, 6.45) is 5.22. The van der Waals surface area contributed by atoms with Gasteiger partial charge >= 0.3 is 0 Å². The largest absolute Gasteiger partial charge is 0.354 e. The van der Waals surface area contributed by atoms with E-state index < -0.39 is 6.04 Å². The van der Waals surface area contributed by atoms with Gasteiger partial charge in [0.25, 0.3) is 0 Å². The maximum atomic E-state index is 13.4. The average molecular weight is 496 g/mol. The highest BCUT2D eigenvalue weighted by Crippen LogP contribution is 2.28. The van der Waals surface area contributed by atoms with Gasteiger partial charge < -0.3 is 27.0 Å². The molecule has 198 valence electrons. The number of unbranched alkanes of at least 4 members (excludes halogenated alkanes) is 1. The third-order valence-electron chi connectivity index (χ3n) is 6.07. The molecule has 0 aliphatic heterocycles. The SMILES string of the molecule is CCCC(=O)N[C@H](C(=O)NCCCNCCCCNCCCN)C(c1ccccc1)c1ccccc1. The van der Waals surface area contributed by atoms with Gasteiger partial charge in [-0.25, -0.2) is 0 Å². The number of nitrogens with one attached hydrogen (secondary N) is 4. The standard InChI is InChI=1S/C29H45N5O2/c1-2-13-26(35)34-28(27(24-14-5-3-6-15-24)25-16-7-4-8-17-25)29(36)33-23-12-22-32-20-10-9-19-31-21-11-18-30/h3-8,14-17,27-28,31-32H,2,9-13,18-23,30H2,1H3,(H,33,36)(H,34,35)/t28-/m0/s1. The number of hydrogen-bond donors (Lipinski definition) is 5. The van der Waals surface area contributed by atoms with Gasteiger partial charge in [0.1, 0.15) is 6.04 Å². The Morgan fingerprint density at radius 3 is 1.81 bits per heavy atom. The molecule has 0 aliphatic rings. The van der Waals surface area contributed by atoms with E-state index in [1.807, 2.05) is 67.6 Å². The summed E-state index contributed by atoms with van der Waals surface area (Å²) in [6, 6.07) is 19.2. The van der Waals surface area contributed by atoms with Crippen molar-refractivity contribution in [2.45, 2.75) is 57.4 Å². The zero-order valence-corrected chi connectivity index (χ0v) is 21.8. The van der Waals surface area contributed by atoms with Gasteiger partial charge in [-0.15, -0.1) is 0 Å². The molecular weight excluding hydrogens is 450 g/mol. The number of rotatable bonds is 19. The van der Waals surface area contributed by atoms with E-state index in [1.165, 1.54) is 0 Å². The molecule has 0 fully saturated rings. The van der Waals surface area contributed by atoms with Crippen molar-refractivity contribution in [3.8, 4) is 0 Å². The van der Waals surface area contributed by atoms with Crippen molar-refractivity contribution in [2.24, 2.45) is 5.73 Å². The lowest BCUT2D eigenvalue weighted by Crippen LogP contribution is -2.50. The van der Waals surface area contributed by atoms with Crippen molar-refractivity contribution >= 4 is 11.8 Å². The normalized spacial score (nSPS) is 11.9. The Bertz CT molecular complexity index is 808. The number of benzene rings is 2. The minimum Gasteiger partial charge on any atom is -0.354 e. The predicted molar refractivity (Wildman–Crippen MR) is 148 cm³/mol. The quantitative estimate of drug-likeness (QED) is 0.193. The summed E-state index contributed by atoms with van der Waals surface area (Å²) in [6.45, 7) is 7.07. The summed E-state index contributed by atoms with van der Waals surface area (Å²) in [5.74, 6) is -0.529. The lowest BCUT2D eigenvalue weighted by Gasteiger charge is -2.28. The molecule has 1 atom stereocenters. The predicted octanol–water partition coefficient (Wildman–Crippen LogP) is 2.92. The van der Waals surface area contributed by atoms with Gasteiger partial charge in [-0.3, -0.25) is 9.59 Å². The van der Waals surface area contributed by atoms with Crippen LogP contribution in [-0.4, -0.2) is 57.1 Å². The average Bonchev–Trinajstić information content (AvgIpc) is 2.90. The fourth-order valence-electron chi connectivity index (χ4n) is 4.18. The molecule has 0 unspecified atom stereocenters. The first-order valence-electron chi connectivity index (χ1n) is 13.5. The van der Waals surface area contributed by atoms with Crippen LogP contribution in [0.25, 0.3) is 0 Å². The van der Waals surface area contributed by atoms with E-state index in [4.69, 9.17) is 5.73 Å². The molecule has 0 aromatic heterocycles. The van der Waals surface area contributed by atoms with Crippen molar-refractivity contribution < 1.29 is 9.59 Å². The van der Waals surface area contributed by atoms with Crippen LogP contribution >= 0.6 is 0 Å². The summed E-state index contributed by atoms with van der Waals surface area (Å²) in [4.78, 5) is 26.0. The molecule has 6 N–H and O–H groups in total. The molecule has 2 aromatic rings. The second-order valence-electron chi connectivity index (χ2n) is 9.09. The molecule has 7 heteroatoms. The third-order valence-corrected chi connectivity index (χ3v) is 6.07. The molecule has 0 heterocycles. The van der Waals surface area contributed by atoms with Crippen molar-refractivity contribution in [2.75, 3.05) is 39.3 Å². The molecule has 2 amide bonds. The van der Waals surface area contributed by atoms with Gasteiger partial charge in [0.2, 0.25) is 11.8 Å². The lowest BCUT2D eigenvalue weighted by molar-refractivity contribution is -0.129. The molecule has 0 spiro atoms. The first-order chi connectivity index (χ1) is 17.7. The van der Waals surface area contributed by atoms with E-state index in [9.17, 15) is 9.59 Å². The van der Waals surface area contributed by atoms with Crippen LogP contribution in [0.1, 0.15) is 62.5 Å². The van der Waals surface area contributed by atoms with Crippen molar-refractivity contribution in [3.63, 3.8) is 0 Å². The minimum absolute atomic E-state index is 0.103. The number of hydrogen-bond acceptors (Lipinski definition) is 5. The van der Waals surface area contributed by atoms with E-state index >= 15 is 0 Å². The van der Waals surface area contributed by atoms with Gasteiger partial charge in [0, 0.05) is 18.9 Å². The Morgan fingerprint density at radius 2 is 1.28 bits per heavy atom. The molecule has 36 heavy (non-hydrogen) atoms. The monoisotopic (exact) mass is 495 g/mol. The summed E-state index contributed by atoms with van der Waals surface area (Å²) >= 11 is 0. The van der Waals surface area contributed by atoms with Crippen LogP contribution in [0.4, 0.5) is 0 Å². The maximum Gasteiger partial charge on any atom is 0.243 e. The van der Waals surface area contributed by atoms with E-state index in [-0.39, 0.29) is 17.7 Å². The van der Waals surface area contributed by atoms with Gasteiger partial charge in [-0.05, 0) is 76.0 Å². The molecule has 0 aliphatic carbocycles. The van der Waals surface area contributed by atoms with Crippen molar-refractivity contribution in [1.82, 2.24) is 21.3 Å². The molecule has 2 rings (SSSR count). The first-order valence-corrected chi connectivity index (χ1v) is 13.5. The zero-order valence-electron chi connectivity index (χ0n) is 21.8.